The van der Waals surface area contributed by atoms with Crippen LogP contribution in [-0.2, 0) is 0 Å². The highest BCUT2D eigenvalue weighted by molar-refractivity contribution is 7.08. The zero-order valence-electron chi connectivity index (χ0n) is 17.6. The van der Waals surface area contributed by atoms with Gasteiger partial charge in [0.1, 0.15) is 11.4 Å². The fourth-order valence-electron chi connectivity index (χ4n) is 4.13. The zero-order chi connectivity index (χ0) is 21.4. The summed E-state index contributed by atoms with van der Waals surface area (Å²) in [7, 11) is 3.77. The molecule has 31 heavy (non-hydrogen) atoms. The molecule has 4 aromatic rings. The number of ether oxygens (including phenoxy) is 1. The first-order valence-corrected chi connectivity index (χ1v) is 11.2. The second-order valence-electron chi connectivity index (χ2n) is 7.79. The van der Waals surface area contributed by atoms with E-state index in [1.807, 2.05) is 46.0 Å². The van der Waals surface area contributed by atoms with E-state index >= 15 is 0 Å². The average molecular weight is 433 g/mol. The molecule has 0 bridgehead atoms. The Balaban J connectivity index is 1.47. The number of hydrogen-bond donors (Lipinski definition) is 0. The highest BCUT2D eigenvalue weighted by Gasteiger charge is 2.30. The number of fused-ring (bicyclic) bond motifs is 1. The standard InChI is InChI=1S/C24H24N4O2S/c1-26-11-12-27(24(29)18-10-13-31-16-18)15-22(26)20-14-28-21(4-3-5-23(28)25-20)17-6-8-19(30-2)9-7-17/h3-10,13-14,16,22H,11-12,15H2,1-2H3/t22-/m1/s1. The SMILES string of the molecule is COc1ccc(-c2cccc3nc([C@H]4CN(C(=O)c5ccsc5)CCN4C)cn23)cc1. The van der Waals surface area contributed by atoms with Crippen molar-refractivity contribution in [3.63, 3.8) is 0 Å². The maximum absolute atomic E-state index is 12.9. The van der Waals surface area contributed by atoms with Gasteiger partial charge in [-0.2, -0.15) is 11.3 Å². The fourth-order valence-corrected chi connectivity index (χ4v) is 4.76. The molecule has 1 aromatic carbocycles. The third-order valence-electron chi connectivity index (χ3n) is 5.94. The van der Waals surface area contributed by atoms with Gasteiger partial charge in [0.2, 0.25) is 0 Å². The molecule has 1 fully saturated rings. The van der Waals surface area contributed by atoms with Crippen molar-refractivity contribution in [3.05, 3.63) is 76.7 Å². The Labute approximate surface area is 185 Å². The lowest BCUT2D eigenvalue weighted by atomic mass is 10.1. The normalized spacial score (nSPS) is 17.2. The van der Waals surface area contributed by atoms with Crippen LogP contribution in [0.1, 0.15) is 22.1 Å². The van der Waals surface area contributed by atoms with Crippen molar-refractivity contribution in [3.8, 4) is 17.0 Å². The van der Waals surface area contributed by atoms with Gasteiger partial charge in [-0.1, -0.05) is 6.07 Å². The monoisotopic (exact) mass is 432 g/mol. The summed E-state index contributed by atoms with van der Waals surface area (Å²) in [5.74, 6) is 0.934. The first-order valence-electron chi connectivity index (χ1n) is 10.3. The smallest absolute Gasteiger partial charge is 0.254 e. The zero-order valence-corrected chi connectivity index (χ0v) is 18.4. The molecule has 1 aliphatic heterocycles. The lowest BCUT2D eigenvalue weighted by molar-refractivity contribution is 0.0541. The quantitative estimate of drug-likeness (QED) is 0.485. The van der Waals surface area contributed by atoms with Crippen molar-refractivity contribution in [2.24, 2.45) is 0 Å². The summed E-state index contributed by atoms with van der Waals surface area (Å²) in [6.45, 7) is 2.18. The summed E-state index contributed by atoms with van der Waals surface area (Å²) < 4.78 is 7.42. The van der Waals surface area contributed by atoms with Crippen molar-refractivity contribution in [2.45, 2.75) is 6.04 Å². The van der Waals surface area contributed by atoms with E-state index in [1.54, 1.807) is 18.4 Å². The van der Waals surface area contributed by atoms with Gasteiger partial charge in [-0.05, 0) is 60.5 Å². The Kier molecular flexibility index (Phi) is 5.21. The van der Waals surface area contributed by atoms with E-state index in [2.05, 4.69) is 40.7 Å². The van der Waals surface area contributed by atoms with Crippen LogP contribution in [0.2, 0.25) is 0 Å². The van der Waals surface area contributed by atoms with Gasteiger partial charge in [-0.25, -0.2) is 4.98 Å². The minimum atomic E-state index is 0.0555. The molecule has 6 nitrogen and oxygen atoms in total. The van der Waals surface area contributed by atoms with Gasteiger partial charge in [0.15, 0.2) is 0 Å². The number of nitrogens with zero attached hydrogens (tertiary/aromatic N) is 4. The molecule has 0 unspecified atom stereocenters. The molecule has 0 saturated carbocycles. The van der Waals surface area contributed by atoms with Crippen LogP contribution in [0.15, 0.2) is 65.5 Å². The van der Waals surface area contributed by atoms with E-state index in [0.29, 0.717) is 6.54 Å². The molecule has 0 N–H and O–H groups in total. The second kappa shape index (κ2) is 8.17. The number of rotatable bonds is 4. The van der Waals surface area contributed by atoms with Crippen LogP contribution in [0, 0.1) is 0 Å². The number of thiophene rings is 1. The van der Waals surface area contributed by atoms with E-state index < -0.39 is 0 Å². The third-order valence-corrected chi connectivity index (χ3v) is 6.62. The minimum Gasteiger partial charge on any atom is -0.497 e. The third kappa shape index (κ3) is 3.71. The Morgan fingerprint density at radius 3 is 2.71 bits per heavy atom. The molecule has 0 radical (unpaired) electrons. The lowest BCUT2D eigenvalue weighted by Gasteiger charge is -2.38. The molecule has 1 amide bonds. The van der Waals surface area contributed by atoms with Crippen LogP contribution >= 0.6 is 11.3 Å². The van der Waals surface area contributed by atoms with Crippen LogP contribution in [0.25, 0.3) is 16.9 Å². The molecule has 3 aromatic heterocycles. The predicted molar refractivity (Wildman–Crippen MR) is 123 cm³/mol. The Morgan fingerprint density at radius 1 is 1.13 bits per heavy atom. The maximum atomic E-state index is 12.9. The van der Waals surface area contributed by atoms with Crippen LogP contribution in [-0.4, -0.2) is 58.9 Å². The topological polar surface area (TPSA) is 50.1 Å². The summed E-state index contributed by atoms with van der Waals surface area (Å²) >= 11 is 1.55. The average Bonchev–Trinajstić information content (AvgIpc) is 3.49. The van der Waals surface area contributed by atoms with E-state index in [4.69, 9.17) is 9.72 Å². The molecule has 1 atom stereocenters. The van der Waals surface area contributed by atoms with Crippen molar-refractivity contribution in [1.82, 2.24) is 19.2 Å². The molecule has 0 aliphatic carbocycles. The first kappa shape index (κ1) is 19.8. The van der Waals surface area contributed by atoms with Crippen LogP contribution in [0.3, 0.4) is 0 Å². The van der Waals surface area contributed by atoms with E-state index in [-0.39, 0.29) is 11.9 Å². The molecule has 4 heterocycles. The van der Waals surface area contributed by atoms with Gasteiger partial charge in [-0.15, -0.1) is 0 Å². The van der Waals surface area contributed by atoms with Gasteiger partial charge in [0.25, 0.3) is 5.91 Å². The molecule has 5 rings (SSSR count). The van der Waals surface area contributed by atoms with Crippen LogP contribution in [0.4, 0.5) is 0 Å². The highest BCUT2D eigenvalue weighted by atomic mass is 32.1. The van der Waals surface area contributed by atoms with Crippen molar-refractivity contribution >= 4 is 22.9 Å². The van der Waals surface area contributed by atoms with Crippen molar-refractivity contribution in [2.75, 3.05) is 33.8 Å². The number of benzene rings is 1. The number of piperazine rings is 1. The van der Waals surface area contributed by atoms with Crippen LogP contribution in [0.5, 0.6) is 5.75 Å². The second-order valence-corrected chi connectivity index (χ2v) is 8.57. The maximum Gasteiger partial charge on any atom is 0.254 e. The van der Waals surface area contributed by atoms with Gasteiger partial charge in [-0.3, -0.25) is 14.1 Å². The summed E-state index contributed by atoms with van der Waals surface area (Å²) in [5.41, 5.74) is 4.82. The first-order chi connectivity index (χ1) is 15.1. The number of amides is 1. The Bertz CT molecular complexity index is 1200. The van der Waals surface area contributed by atoms with Crippen molar-refractivity contribution < 1.29 is 9.53 Å². The summed E-state index contributed by atoms with van der Waals surface area (Å²) in [5, 5.41) is 3.87. The molecule has 1 aliphatic rings. The highest BCUT2D eigenvalue weighted by Crippen LogP contribution is 2.28. The molecular formula is C24H24N4O2S. The van der Waals surface area contributed by atoms with Gasteiger partial charge in [0, 0.05) is 31.2 Å². The fraction of sp³-hybridized carbons (Fsp3) is 0.250. The van der Waals surface area contributed by atoms with Gasteiger partial charge >= 0.3 is 0 Å². The number of hydrogen-bond acceptors (Lipinski definition) is 5. The predicted octanol–water partition coefficient (Wildman–Crippen LogP) is 4.20. The van der Waals surface area contributed by atoms with Gasteiger partial charge < -0.3 is 9.64 Å². The Morgan fingerprint density at radius 2 is 1.97 bits per heavy atom. The number of likely N-dealkylation sites (N-methyl/N-ethyl adjacent to an activating group) is 1. The van der Waals surface area contributed by atoms with E-state index in [1.165, 1.54) is 0 Å². The number of methoxy groups -OCH3 is 1. The molecule has 158 valence electrons. The number of imidazole rings is 1. The number of pyridine rings is 1. The number of carbonyl (C=O) groups is 1. The van der Waals surface area contributed by atoms with Crippen molar-refractivity contribution in [1.29, 1.82) is 0 Å². The molecule has 7 heteroatoms. The largest absolute Gasteiger partial charge is 0.497 e. The van der Waals surface area contributed by atoms with Gasteiger partial charge in [0.05, 0.1) is 30.1 Å². The molecular weight excluding hydrogens is 408 g/mol. The van der Waals surface area contributed by atoms with E-state index in [9.17, 15) is 4.79 Å². The Hall–Kier alpha value is -3.16. The molecule has 1 saturated heterocycles. The summed E-state index contributed by atoms with van der Waals surface area (Å²) in [6.07, 6.45) is 2.11. The number of aromatic nitrogens is 2. The minimum absolute atomic E-state index is 0.0555. The van der Waals surface area contributed by atoms with E-state index in [0.717, 1.165) is 47.0 Å². The summed E-state index contributed by atoms with van der Waals surface area (Å²) in [4.78, 5) is 22.0. The lowest BCUT2D eigenvalue weighted by Crippen LogP contribution is -2.49. The summed E-state index contributed by atoms with van der Waals surface area (Å²) in [6, 6.07) is 16.1. The molecule has 0 spiro atoms. The van der Waals surface area contributed by atoms with Crippen LogP contribution < -0.4 is 4.74 Å². The number of carbonyl (C=O) groups excluding carboxylic acids is 1.